The Balaban J connectivity index is 1.41. The van der Waals surface area contributed by atoms with E-state index in [1.165, 1.54) is 0 Å². The highest BCUT2D eigenvalue weighted by molar-refractivity contribution is 5.62. The van der Waals surface area contributed by atoms with Crippen LogP contribution in [0.2, 0.25) is 0 Å². The molecule has 4 aromatic heterocycles. The lowest BCUT2D eigenvalue weighted by molar-refractivity contribution is 0.522. The van der Waals surface area contributed by atoms with Crippen molar-refractivity contribution in [3.63, 3.8) is 0 Å². The third-order valence-electron chi connectivity index (χ3n) is 3.69. The van der Waals surface area contributed by atoms with Gasteiger partial charge in [-0.1, -0.05) is 0 Å². The molecular formula is C18H10N4O4. The molecule has 126 valence electrons. The van der Waals surface area contributed by atoms with E-state index in [1.807, 2.05) is 24.3 Å². The molecule has 5 rings (SSSR count). The van der Waals surface area contributed by atoms with Gasteiger partial charge in [-0.3, -0.25) is 0 Å². The van der Waals surface area contributed by atoms with Crippen molar-refractivity contribution in [3.8, 4) is 46.2 Å². The Kier molecular flexibility index (Phi) is 3.24. The second-order valence-corrected chi connectivity index (χ2v) is 5.36. The summed E-state index contributed by atoms with van der Waals surface area (Å²) in [6, 6.07) is 14.4. The maximum Gasteiger partial charge on any atom is 0.283 e. The summed E-state index contributed by atoms with van der Waals surface area (Å²) < 4.78 is 21.8. The second kappa shape index (κ2) is 5.85. The quantitative estimate of drug-likeness (QED) is 0.474. The van der Waals surface area contributed by atoms with Crippen molar-refractivity contribution in [2.75, 3.05) is 0 Å². The number of rotatable bonds is 4. The van der Waals surface area contributed by atoms with Gasteiger partial charge in [-0.25, -0.2) is 0 Å². The van der Waals surface area contributed by atoms with Gasteiger partial charge in [0, 0.05) is 11.1 Å². The molecule has 0 unspecified atom stereocenters. The Morgan fingerprint density at radius 1 is 0.500 bits per heavy atom. The molecule has 0 aliphatic heterocycles. The van der Waals surface area contributed by atoms with Crippen molar-refractivity contribution >= 4 is 0 Å². The van der Waals surface area contributed by atoms with Crippen LogP contribution < -0.4 is 0 Å². The molecule has 0 amide bonds. The minimum atomic E-state index is 0.328. The van der Waals surface area contributed by atoms with Gasteiger partial charge in [-0.05, 0) is 48.5 Å². The molecule has 0 atom stereocenters. The van der Waals surface area contributed by atoms with Crippen molar-refractivity contribution in [1.82, 2.24) is 20.4 Å². The fraction of sp³-hybridized carbons (Fsp3) is 0. The smallest absolute Gasteiger partial charge is 0.283 e. The zero-order valence-electron chi connectivity index (χ0n) is 13.2. The first-order chi connectivity index (χ1) is 12.9. The molecule has 4 heterocycles. The minimum absolute atomic E-state index is 0.328. The lowest BCUT2D eigenvalue weighted by Gasteiger charge is -1.97. The summed E-state index contributed by atoms with van der Waals surface area (Å²) in [6.07, 6.45) is 3.10. The van der Waals surface area contributed by atoms with Crippen LogP contribution >= 0.6 is 0 Å². The first-order valence-electron chi connectivity index (χ1n) is 7.72. The number of furan rings is 2. The van der Waals surface area contributed by atoms with Crippen LogP contribution in [0.3, 0.4) is 0 Å². The maximum atomic E-state index is 5.63. The molecular weight excluding hydrogens is 336 g/mol. The molecule has 26 heavy (non-hydrogen) atoms. The van der Waals surface area contributed by atoms with Gasteiger partial charge in [0.2, 0.25) is 11.8 Å². The van der Waals surface area contributed by atoms with Crippen LogP contribution in [0.15, 0.2) is 78.7 Å². The summed E-state index contributed by atoms with van der Waals surface area (Å²) in [5, 5.41) is 16.1. The molecule has 5 aromatic rings. The summed E-state index contributed by atoms with van der Waals surface area (Å²) in [7, 11) is 0. The van der Waals surface area contributed by atoms with Crippen molar-refractivity contribution < 1.29 is 17.7 Å². The Bertz CT molecular complexity index is 1030. The Morgan fingerprint density at radius 2 is 0.923 bits per heavy atom. The van der Waals surface area contributed by atoms with Crippen LogP contribution in [0, 0.1) is 0 Å². The maximum absolute atomic E-state index is 5.63. The van der Waals surface area contributed by atoms with E-state index >= 15 is 0 Å². The lowest BCUT2D eigenvalue weighted by atomic mass is 10.1. The molecule has 0 saturated carbocycles. The molecule has 0 aliphatic rings. The number of benzene rings is 1. The molecule has 0 N–H and O–H groups in total. The van der Waals surface area contributed by atoms with Crippen LogP contribution in [0.25, 0.3) is 46.2 Å². The number of nitrogens with zero attached hydrogens (tertiary/aromatic N) is 4. The molecule has 0 bridgehead atoms. The topological polar surface area (TPSA) is 104 Å². The average Bonchev–Trinajstić information content (AvgIpc) is 3.49. The largest absolute Gasteiger partial charge is 0.459 e. The van der Waals surface area contributed by atoms with Crippen LogP contribution in [-0.4, -0.2) is 20.4 Å². The van der Waals surface area contributed by atoms with Crippen LogP contribution in [0.4, 0.5) is 0 Å². The predicted octanol–water partition coefficient (Wildman–Crippen LogP) is 4.31. The van der Waals surface area contributed by atoms with E-state index in [4.69, 9.17) is 17.7 Å². The highest BCUT2D eigenvalue weighted by Gasteiger charge is 2.15. The molecule has 0 spiro atoms. The van der Waals surface area contributed by atoms with Gasteiger partial charge in [0.05, 0.1) is 12.5 Å². The van der Waals surface area contributed by atoms with Crippen LogP contribution in [-0.2, 0) is 0 Å². The monoisotopic (exact) mass is 346 g/mol. The first kappa shape index (κ1) is 14.4. The second-order valence-electron chi connectivity index (χ2n) is 5.36. The molecule has 1 aromatic carbocycles. The van der Waals surface area contributed by atoms with E-state index in [0.717, 1.165) is 11.1 Å². The molecule has 0 aliphatic carbocycles. The van der Waals surface area contributed by atoms with Gasteiger partial charge in [0.25, 0.3) is 11.8 Å². The molecule has 0 radical (unpaired) electrons. The Hall–Kier alpha value is -3.94. The van der Waals surface area contributed by atoms with Gasteiger partial charge >= 0.3 is 0 Å². The van der Waals surface area contributed by atoms with Crippen molar-refractivity contribution in [2.24, 2.45) is 0 Å². The number of hydrogen-bond donors (Lipinski definition) is 0. The van der Waals surface area contributed by atoms with Crippen molar-refractivity contribution in [1.29, 1.82) is 0 Å². The SMILES string of the molecule is c1coc(-c2nnc(-c3ccc(-c4nnc(-c5ccco5)o4)cc3)o2)c1. The van der Waals surface area contributed by atoms with E-state index in [-0.39, 0.29) is 0 Å². The fourth-order valence-corrected chi connectivity index (χ4v) is 2.43. The molecule has 0 saturated heterocycles. The van der Waals surface area contributed by atoms with Gasteiger partial charge in [-0.2, -0.15) is 0 Å². The van der Waals surface area contributed by atoms with Gasteiger partial charge in [-0.15, -0.1) is 20.4 Å². The summed E-state index contributed by atoms with van der Waals surface area (Å²) >= 11 is 0. The van der Waals surface area contributed by atoms with E-state index in [2.05, 4.69) is 20.4 Å². The zero-order valence-corrected chi connectivity index (χ0v) is 13.2. The van der Waals surface area contributed by atoms with Gasteiger partial charge in [0.1, 0.15) is 0 Å². The van der Waals surface area contributed by atoms with Crippen LogP contribution in [0.5, 0.6) is 0 Å². The molecule has 0 fully saturated rings. The van der Waals surface area contributed by atoms with Crippen molar-refractivity contribution in [3.05, 3.63) is 61.1 Å². The number of hydrogen-bond acceptors (Lipinski definition) is 8. The lowest BCUT2D eigenvalue weighted by Crippen LogP contribution is -1.81. The minimum Gasteiger partial charge on any atom is -0.459 e. The summed E-state index contributed by atoms with van der Waals surface area (Å²) in [4.78, 5) is 0. The zero-order chi connectivity index (χ0) is 17.3. The normalized spacial score (nSPS) is 11.1. The van der Waals surface area contributed by atoms with E-state index in [0.29, 0.717) is 35.1 Å². The third kappa shape index (κ3) is 2.49. The molecule has 8 heteroatoms. The standard InChI is InChI=1S/C18H10N4O4/c1-3-13(23-9-1)17-21-19-15(25-17)11-5-7-12(8-6-11)16-20-22-18(26-16)14-4-2-10-24-14/h1-10H. The van der Waals surface area contributed by atoms with Gasteiger partial charge < -0.3 is 17.7 Å². The Morgan fingerprint density at radius 3 is 1.31 bits per heavy atom. The van der Waals surface area contributed by atoms with Crippen molar-refractivity contribution in [2.45, 2.75) is 0 Å². The highest BCUT2D eigenvalue weighted by atomic mass is 16.4. The van der Waals surface area contributed by atoms with Gasteiger partial charge in [0.15, 0.2) is 11.5 Å². The summed E-state index contributed by atoms with van der Waals surface area (Å²) in [5.41, 5.74) is 1.54. The van der Waals surface area contributed by atoms with Crippen LogP contribution in [0.1, 0.15) is 0 Å². The first-order valence-corrected chi connectivity index (χ1v) is 7.72. The predicted molar refractivity (Wildman–Crippen MR) is 88.4 cm³/mol. The van der Waals surface area contributed by atoms with E-state index < -0.39 is 0 Å². The Labute approximate surface area is 146 Å². The third-order valence-corrected chi connectivity index (χ3v) is 3.69. The fourth-order valence-electron chi connectivity index (χ4n) is 2.43. The number of aromatic nitrogens is 4. The average molecular weight is 346 g/mol. The highest BCUT2D eigenvalue weighted by Crippen LogP contribution is 2.28. The summed E-state index contributed by atoms with van der Waals surface area (Å²) in [5.74, 6) is 2.49. The van der Waals surface area contributed by atoms with E-state index in [9.17, 15) is 0 Å². The molecule has 8 nitrogen and oxygen atoms in total. The van der Waals surface area contributed by atoms with E-state index in [1.54, 1.807) is 36.8 Å². The summed E-state index contributed by atoms with van der Waals surface area (Å²) in [6.45, 7) is 0.